The molecule has 0 spiro atoms. The van der Waals surface area contributed by atoms with Crippen LogP contribution < -0.4 is 5.73 Å². The van der Waals surface area contributed by atoms with Gasteiger partial charge in [0.05, 0.1) is 26.4 Å². The van der Waals surface area contributed by atoms with Gasteiger partial charge in [0.15, 0.2) is 5.96 Å². The molecule has 17 heavy (non-hydrogen) atoms. The summed E-state index contributed by atoms with van der Waals surface area (Å²) in [5, 5.41) is 8.49. The topological polar surface area (TPSA) is 80.3 Å². The van der Waals surface area contributed by atoms with Gasteiger partial charge in [-0.25, -0.2) is 0 Å². The van der Waals surface area contributed by atoms with E-state index in [1.807, 2.05) is 4.90 Å². The molecule has 1 saturated heterocycles. The van der Waals surface area contributed by atoms with E-state index >= 15 is 0 Å². The van der Waals surface area contributed by atoms with Crippen LogP contribution in [0, 0.1) is 0 Å². The summed E-state index contributed by atoms with van der Waals surface area (Å²) in [6.07, 6.45) is 0.824. The molecule has 1 fully saturated rings. The van der Waals surface area contributed by atoms with Crippen molar-refractivity contribution in [3.63, 3.8) is 0 Å². The highest BCUT2D eigenvalue weighted by Crippen LogP contribution is 1.96. The summed E-state index contributed by atoms with van der Waals surface area (Å²) >= 11 is 0. The van der Waals surface area contributed by atoms with Crippen LogP contribution in [0.1, 0.15) is 6.42 Å². The van der Waals surface area contributed by atoms with E-state index in [1.165, 1.54) is 0 Å². The predicted octanol–water partition coefficient (Wildman–Crippen LogP) is -0.350. The molecule has 0 unspecified atom stereocenters. The molecule has 1 aliphatic heterocycles. The number of aliphatic imine (C=N–C) groups is 1. The Morgan fingerprint density at radius 2 is 2.06 bits per heavy atom. The number of hydrogen-bond donors (Lipinski definition) is 2. The Kier molecular flexibility index (Phi) is 10.9. The number of halogens is 1. The van der Waals surface area contributed by atoms with Crippen molar-refractivity contribution in [2.24, 2.45) is 10.7 Å². The number of nitrogens with zero attached hydrogens (tertiary/aromatic N) is 2. The molecule has 0 aromatic heterocycles. The average molecular weight is 359 g/mol. The van der Waals surface area contributed by atoms with Crippen LogP contribution in [0.5, 0.6) is 0 Å². The lowest BCUT2D eigenvalue weighted by Crippen LogP contribution is -2.44. The Balaban J connectivity index is 0.00000256. The molecule has 0 aromatic rings. The Morgan fingerprint density at radius 1 is 1.35 bits per heavy atom. The Morgan fingerprint density at radius 3 is 2.71 bits per heavy atom. The molecular weight excluding hydrogens is 337 g/mol. The van der Waals surface area contributed by atoms with E-state index in [9.17, 15) is 0 Å². The first-order chi connectivity index (χ1) is 7.84. The summed E-state index contributed by atoms with van der Waals surface area (Å²) in [7, 11) is 0. The van der Waals surface area contributed by atoms with Gasteiger partial charge in [0.25, 0.3) is 0 Å². The quantitative estimate of drug-likeness (QED) is 0.293. The number of rotatable bonds is 6. The Bertz CT molecular complexity index is 211. The monoisotopic (exact) mass is 359 g/mol. The van der Waals surface area contributed by atoms with Crippen LogP contribution in [-0.4, -0.2) is 68.6 Å². The van der Waals surface area contributed by atoms with Crippen LogP contribution in [0.25, 0.3) is 0 Å². The van der Waals surface area contributed by atoms with Crippen molar-refractivity contribution < 1.29 is 14.6 Å². The summed E-state index contributed by atoms with van der Waals surface area (Å²) in [6.45, 7) is 4.80. The minimum atomic E-state index is 0. The van der Waals surface area contributed by atoms with Gasteiger partial charge in [0.1, 0.15) is 0 Å². The first-order valence-electron chi connectivity index (χ1n) is 5.66. The summed E-state index contributed by atoms with van der Waals surface area (Å²) in [4.78, 5) is 6.29. The molecule has 6 nitrogen and oxygen atoms in total. The zero-order valence-corrected chi connectivity index (χ0v) is 12.3. The fourth-order valence-corrected chi connectivity index (χ4v) is 1.42. The summed E-state index contributed by atoms with van der Waals surface area (Å²) in [6, 6.07) is 0. The van der Waals surface area contributed by atoms with Gasteiger partial charge >= 0.3 is 0 Å². The van der Waals surface area contributed by atoms with Gasteiger partial charge in [0, 0.05) is 26.2 Å². The van der Waals surface area contributed by atoms with Crippen molar-refractivity contribution in [1.82, 2.24) is 4.90 Å². The maximum absolute atomic E-state index is 8.49. The molecule has 0 atom stereocenters. The van der Waals surface area contributed by atoms with Crippen molar-refractivity contribution in [2.75, 3.05) is 52.7 Å². The highest BCUT2D eigenvalue weighted by Gasteiger charge is 2.11. The lowest BCUT2D eigenvalue weighted by Gasteiger charge is -2.27. The molecule has 0 bridgehead atoms. The minimum absolute atomic E-state index is 0. The van der Waals surface area contributed by atoms with Crippen LogP contribution in [0.2, 0.25) is 0 Å². The van der Waals surface area contributed by atoms with E-state index in [0.717, 1.165) is 32.7 Å². The lowest BCUT2D eigenvalue weighted by molar-refractivity contribution is 0.0673. The summed E-state index contributed by atoms with van der Waals surface area (Å²) in [5.41, 5.74) is 5.83. The fraction of sp³-hybridized carbons (Fsp3) is 0.900. The highest BCUT2D eigenvalue weighted by molar-refractivity contribution is 14.0. The average Bonchev–Trinajstić information content (AvgIpc) is 2.34. The molecule has 0 radical (unpaired) electrons. The largest absolute Gasteiger partial charge is 0.394 e. The maximum atomic E-state index is 8.49. The number of morpholine rings is 1. The molecule has 0 aromatic carbocycles. The highest BCUT2D eigenvalue weighted by atomic mass is 127. The third kappa shape index (κ3) is 7.74. The second kappa shape index (κ2) is 11.0. The number of aliphatic hydroxyl groups excluding tert-OH is 1. The fourth-order valence-electron chi connectivity index (χ4n) is 1.42. The standard InChI is InChI=1S/C10H21N3O3.HI/c11-10(13-3-7-16-8-4-13)12-2-1-6-15-9-5-14;/h14H,1-9H2,(H2,11,12);1H. The zero-order valence-electron chi connectivity index (χ0n) is 10.0. The molecule has 7 heteroatoms. The second-order valence-corrected chi connectivity index (χ2v) is 3.53. The molecule has 1 aliphatic rings. The van der Waals surface area contributed by atoms with Crippen LogP contribution in [0.15, 0.2) is 4.99 Å². The van der Waals surface area contributed by atoms with Crippen molar-refractivity contribution in [3.8, 4) is 0 Å². The SMILES string of the molecule is I.NC(=NCCCOCCO)N1CCOCC1. The van der Waals surface area contributed by atoms with Crippen molar-refractivity contribution in [2.45, 2.75) is 6.42 Å². The van der Waals surface area contributed by atoms with E-state index < -0.39 is 0 Å². The Hall–Kier alpha value is -0.120. The van der Waals surface area contributed by atoms with Gasteiger partial charge in [-0.3, -0.25) is 4.99 Å². The first-order valence-corrected chi connectivity index (χ1v) is 5.66. The third-order valence-corrected chi connectivity index (χ3v) is 2.29. The van der Waals surface area contributed by atoms with Gasteiger partial charge in [-0.05, 0) is 6.42 Å². The Labute approximate surface area is 119 Å². The molecule has 1 rings (SSSR count). The van der Waals surface area contributed by atoms with Crippen LogP contribution in [-0.2, 0) is 9.47 Å². The molecule has 0 amide bonds. The van der Waals surface area contributed by atoms with Crippen LogP contribution >= 0.6 is 24.0 Å². The molecule has 3 N–H and O–H groups in total. The first kappa shape index (κ1) is 16.9. The molecule has 102 valence electrons. The normalized spacial score (nSPS) is 16.8. The molecule has 0 aliphatic carbocycles. The molecule has 0 saturated carbocycles. The number of hydrogen-bond acceptors (Lipinski definition) is 4. The maximum Gasteiger partial charge on any atom is 0.191 e. The van der Waals surface area contributed by atoms with E-state index in [1.54, 1.807) is 0 Å². The van der Waals surface area contributed by atoms with E-state index in [0.29, 0.717) is 25.7 Å². The smallest absolute Gasteiger partial charge is 0.191 e. The molecule has 1 heterocycles. The number of guanidine groups is 1. The van der Waals surface area contributed by atoms with Crippen molar-refractivity contribution in [3.05, 3.63) is 0 Å². The number of aliphatic hydroxyl groups is 1. The van der Waals surface area contributed by atoms with Crippen LogP contribution in [0.3, 0.4) is 0 Å². The van der Waals surface area contributed by atoms with Gasteiger partial charge in [-0.1, -0.05) is 0 Å². The van der Waals surface area contributed by atoms with Crippen molar-refractivity contribution in [1.29, 1.82) is 0 Å². The van der Waals surface area contributed by atoms with E-state index in [4.69, 9.17) is 20.3 Å². The summed E-state index contributed by atoms with van der Waals surface area (Å²) < 4.78 is 10.3. The molecular formula is C10H22IN3O3. The zero-order chi connectivity index (χ0) is 11.6. The second-order valence-electron chi connectivity index (χ2n) is 3.53. The van der Waals surface area contributed by atoms with E-state index in [-0.39, 0.29) is 30.6 Å². The third-order valence-electron chi connectivity index (χ3n) is 2.29. The van der Waals surface area contributed by atoms with Crippen molar-refractivity contribution >= 4 is 29.9 Å². The minimum Gasteiger partial charge on any atom is -0.394 e. The lowest BCUT2D eigenvalue weighted by atomic mass is 10.4. The number of ether oxygens (including phenoxy) is 2. The number of nitrogens with two attached hydrogens (primary N) is 1. The van der Waals surface area contributed by atoms with Crippen LogP contribution in [0.4, 0.5) is 0 Å². The van der Waals surface area contributed by atoms with Gasteiger partial charge in [-0.2, -0.15) is 0 Å². The summed E-state index contributed by atoms with van der Waals surface area (Å²) in [5.74, 6) is 0.588. The predicted molar refractivity (Wildman–Crippen MR) is 76.8 cm³/mol. The van der Waals surface area contributed by atoms with E-state index in [2.05, 4.69) is 4.99 Å². The van der Waals surface area contributed by atoms with Gasteiger partial charge < -0.3 is 25.2 Å². The van der Waals surface area contributed by atoms with Gasteiger partial charge in [0.2, 0.25) is 0 Å². The van der Waals surface area contributed by atoms with Gasteiger partial charge in [-0.15, -0.1) is 24.0 Å².